The number of benzene rings is 2. The standard InChI is InChI=1S/C18H19NO5S/c1-3-24-19(16-10-5-4-6-11-16)25(21,22)17-12-8-7-9-15(17)13-14-18(20)23-2/h4-14H,3H2,1-2H3. The van der Waals surface area contributed by atoms with Gasteiger partial charge in [-0.3, -0.25) is 4.84 Å². The van der Waals surface area contributed by atoms with Crippen LogP contribution in [0.3, 0.4) is 0 Å². The molecular weight excluding hydrogens is 342 g/mol. The third-order valence-electron chi connectivity index (χ3n) is 3.23. The van der Waals surface area contributed by atoms with Gasteiger partial charge in [-0.1, -0.05) is 36.4 Å². The highest BCUT2D eigenvalue weighted by atomic mass is 32.2. The zero-order valence-electron chi connectivity index (χ0n) is 14.0. The van der Waals surface area contributed by atoms with Gasteiger partial charge in [0.05, 0.1) is 24.3 Å². The lowest BCUT2D eigenvalue weighted by molar-refractivity contribution is -0.134. The fourth-order valence-corrected chi connectivity index (χ4v) is 3.62. The van der Waals surface area contributed by atoms with Crippen LogP contribution in [-0.4, -0.2) is 28.1 Å². The molecule has 0 aliphatic carbocycles. The topological polar surface area (TPSA) is 72.9 Å². The van der Waals surface area contributed by atoms with Crippen LogP contribution in [0.4, 0.5) is 5.69 Å². The Kier molecular flexibility index (Phi) is 6.32. The molecule has 0 saturated heterocycles. The predicted molar refractivity (Wildman–Crippen MR) is 95.2 cm³/mol. The lowest BCUT2D eigenvalue weighted by Crippen LogP contribution is -2.31. The van der Waals surface area contributed by atoms with E-state index in [1.807, 2.05) is 0 Å². The highest BCUT2D eigenvalue weighted by Crippen LogP contribution is 2.26. The van der Waals surface area contributed by atoms with Crippen molar-refractivity contribution in [2.45, 2.75) is 11.8 Å². The summed E-state index contributed by atoms with van der Waals surface area (Å²) in [7, 11) is -2.74. The average Bonchev–Trinajstić information content (AvgIpc) is 2.64. The minimum atomic E-state index is -3.99. The van der Waals surface area contributed by atoms with Gasteiger partial charge in [0.2, 0.25) is 0 Å². The van der Waals surface area contributed by atoms with Crippen molar-refractivity contribution in [2.24, 2.45) is 0 Å². The van der Waals surface area contributed by atoms with Crippen LogP contribution in [0.2, 0.25) is 0 Å². The first-order valence-electron chi connectivity index (χ1n) is 7.59. The van der Waals surface area contributed by atoms with E-state index in [2.05, 4.69) is 4.74 Å². The molecule has 0 aliphatic rings. The summed E-state index contributed by atoms with van der Waals surface area (Å²) in [5, 5.41) is 0. The Labute approximate surface area is 147 Å². The Morgan fingerprint density at radius 1 is 1.08 bits per heavy atom. The van der Waals surface area contributed by atoms with Gasteiger partial charge in [0.25, 0.3) is 10.0 Å². The van der Waals surface area contributed by atoms with E-state index >= 15 is 0 Å². The molecule has 0 radical (unpaired) electrons. The molecule has 0 atom stereocenters. The summed E-state index contributed by atoms with van der Waals surface area (Å²) < 4.78 is 31.6. The van der Waals surface area contributed by atoms with Crippen LogP contribution in [0.5, 0.6) is 0 Å². The van der Waals surface area contributed by atoms with Gasteiger partial charge in [-0.25, -0.2) is 4.79 Å². The van der Waals surface area contributed by atoms with Gasteiger partial charge < -0.3 is 4.74 Å². The molecule has 132 valence electrons. The quantitative estimate of drug-likeness (QED) is 0.431. The molecule has 0 saturated carbocycles. The number of hydrogen-bond donors (Lipinski definition) is 0. The van der Waals surface area contributed by atoms with Crippen molar-refractivity contribution in [2.75, 3.05) is 18.2 Å². The molecule has 0 N–H and O–H groups in total. The maximum atomic E-state index is 13.1. The molecule has 0 fully saturated rings. The van der Waals surface area contributed by atoms with E-state index in [0.29, 0.717) is 11.3 Å². The first kappa shape index (κ1) is 18.7. The molecule has 2 rings (SSSR count). The maximum Gasteiger partial charge on any atom is 0.330 e. The molecule has 2 aromatic rings. The molecule has 0 aliphatic heterocycles. The lowest BCUT2D eigenvalue weighted by Gasteiger charge is -2.23. The number of rotatable bonds is 7. The molecule has 0 spiro atoms. The number of sulfonamides is 1. The summed E-state index contributed by atoms with van der Waals surface area (Å²) in [6.07, 6.45) is 2.57. The van der Waals surface area contributed by atoms with Crippen molar-refractivity contribution < 1.29 is 22.8 Å². The van der Waals surface area contributed by atoms with Crippen LogP contribution in [0.1, 0.15) is 12.5 Å². The van der Waals surface area contributed by atoms with E-state index < -0.39 is 16.0 Å². The van der Waals surface area contributed by atoms with Crippen LogP contribution < -0.4 is 4.47 Å². The number of para-hydroxylation sites is 1. The van der Waals surface area contributed by atoms with Crippen molar-refractivity contribution in [1.82, 2.24) is 0 Å². The van der Waals surface area contributed by atoms with E-state index in [1.165, 1.54) is 25.3 Å². The largest absolute Gasteiger partial charge is 0.466 e. The van der Waals surface area contributed by atoms with E-state index in [1.54, 1.807) is 55.5 Å². The molecule has 6 nitrogen and oxygen atoms in total. The normalized spacial score (nSPS) is 11.4. The number of esters is 1. The van der Waals surface area contributed by atoms with Gasteiger partial charge in [0.1, 0.15) is 0 Å². The Morgan fingerprint density at radius 3 is 2.36 bits per heavy atom. The maximum absolute atomic E-state index is 13.1. The van der Waals surface area contributed by atoms with Crippen molar-refractivity contribution in [3.05, 3.63) is 66.2 Å². The summed E-state index contributed by atoms with van der Waals surface area (Å²) >= 11 is 0. The number of methoxy groups -OCH3 is 1. The second-order valence-corrected chi connectivity index (χ2v) is 6.60. The lowest BCUT2D eigenvalue weighted by atomic mass is 10.2. The minimum absolute atomic E-state index is 0.0208. The predicted octanol–water partition coefficient (Wildman–Crippen LogP) is 3.02. The zero-order chi connectivity index (χ0) is 18.3. The first-order chi connectivity index (χ1) is 12.0. The van der Waals surface area contributed by atoms with Gasteiger partial charge >= 0.3 is 5.97 Å². The van der Waals surface area contributed by atoms with E-state index in [-0.39, 0.29) is 11.5 Å². The summed E-state index contributed by atoms with van der Waals surface area (Å²) in [5.74, 6) is -0.572. The van der Waals surface area contributed by atoms with Gasteiger partial charge in [-0.15, -0.1) is 4.47 Å². The van der Waals surface area contributed by atoms with Crippen LogP contribution in [0, 0.1) is 0 Å². The molecule has 7 heteroatoms. The molecule has 2 aromatic carbocycles. The SMILES string of the molecule is CCON(c1ccccc1)S(=O)(=O)c1ccccc1C=CC(=O)OC. The van der Waals surface area contributed by atoms with Crippen molar-refractivity contribution in [3.63, 3.8) is 0 Å². The van der Waals surface area contributed by atoms with Crippen molar-refractivity contribution in [1.29, 1.82) is 0 Å². The fourth-order valence-electron chi connectivity index (χ4n) is 2.12. The van der Waals surface area contributed by atoms with Gasteiger partial charge in [-0.05, 0) is 36.8 Å². The van der Waals surface area contributed by atoms with Crippen molar-refractivity contribution >= 4 is 27.8 Å². The van der Waals surface area contributed by atoms with Crippen LogP contribution in [0.25, 0.3) is 6.08 Å². The van der Waals surface area contributed by atoms with Crippen molar-refractivity contribution in [3.8, 4) is 0 Å². The van der Waals surface area contributed by atoms with E-state index in [9.17, 15) is 13.2 Å². The summed E-state index contributed by atoms with van der Waals surface area (Å²) in [6, 6.07) is 14.9. The Morgan fingerprint density at radius 2 is 1.72 bits per heavy atom. The average molecular weight is 361 g/mol. The van der Waals surface area contributed by atoms with Crippen LogP contribution in [0.15, 0.2) is 65.6 Å². The second kappa shape index (κ2) is 8.46. The number of carbonyl (C=O) groups is 1. The Hall–Kier alpha value is -2.64. The smallest absolute Gasteiger partial charge is 0.330 e. The summed E-state index contributed by atoms with van der Waals surface area (Å²) in [5.41, 5.74) is 0.740. The van der Waals surface area contributed by atoms with Crippen LogP contribution in [-0.2, 0) is 24.4 Å². The number of hydrogen-bond acceptors (Lipinski definition) is 5. The molecule has 0 bridgehead atoms. The molecule has 0 heterocycles. The third kappa shape index (κ3) is 4.46. The molecule has 25 heavy (non-hydrogen) atoms. The second-order valence-electron chi connectivity index (χ2n) is 4.88. The highest BCUT2D eigenvalue weighted by Gasteiger charge is 2.27. The number of carbonyl (C=O) groups excluding carboxylic acids is 1. The Balaban J connectivity index is 2.51. The van der Waals surface area contributed by atoms with E-state index in [4.69, 9.17) is 4.84 Å². The van der Waals surface area contributed by atoms with Gasteiger partial charge in [0, 0.05) is 6.08 Å². The van der Waals surface area contributed by atoms with Gasteiger partial charge in [-0.2, -0.15) is 8.42 Å². The zero-order valence-corrected chi connectivity index (χ0v) is 14.8. The highest BCUT2D eigenvalue weighted by molar-refractivity contribution is 7.92. The van der Waals surface area contributed by atoms with Gasteiger partial charge in [0.15, 0.2) is 0 Å². The monoisotopic (exact) mass is 361 g/mol. The molecular formula is C18H19NO5S. The number of nitrogens with zero attached hydrogens (tertiary/aromatic N) is 1. The first-order valence-corrected chi connectivity index (χ1v) is 9.03. The third-order valence-corrected chi connectivity index (χ3v) is 4.91. The number of ether oxygens (including phenoxy) is 1. The summed E-state index contributed by atoms with van der Waals surface area (Å²) in [6.45, 7) is 1.88. The summed E-state index contributed by atoms with van der Waals surface area (Å²) in [4.78, 5) is 16.7. The Bertz CT molecular complexity index is 847. The number of anilines is 1. The molecule has 0 amide bonds. The molecule has 0 aromatic heterocycles. The molecule has 0 unspecified atom stereocenters. The fraction of sp³-hybridized carbons (Fsp3) is 0.167. The van der Waals surface area contributed by atoms with Crippen LogP contribution >= 0.6 is 0 Å². The van der Waals surface area contributed by atoms with E-state index in [0.717, 1.165) is 4.47 Å². The minimum Gasteiger partial charge on any atom is -0.466 e.